The highest BCUT2D eigenvalue weighted by atomic mass is 32.2. The number of carbonyl (C=O) groups excluding carboxylic acids is 1. The molecule has 6 heteroatoms. The lowest BCUT2D eigenvalue weighted by Crippen LogP contribution is -2.36. The second-order valence-electron chi connectivity index (χ2n) is 6.81. The van der Waals surface area contributed by atoms with E-state index < -0.39 is 10.0 Å². The average molecular weight is 375 g/mol. The van der Waals surface area contributed by atoms with E-state index in [-0.39, 0.29) is 18.5 Å². The highest BCUT2D eigenvalue weighted by Crippen LogP contribution is 2.20. The van der Waals surface area contributed by atoms with Crippen LogP contribution >= 0.6 is 0 Å². The molecule has 0 saturated heterocycles. The van der Waals surface area contributed by atoms with E-state index in [0.29, 0.717) is 17.2 Å². The SMILES string of the molecule is CC(C)[C@H](C)NC(=O)c1ccc(CN(c2ccccc2)S(C)(=O)=O)cc1. The zero-order chi connectivity index (χ0) is 19.3. The van der Waals surface area contributed by atoms with E-state index >= 15 is 0 Å². The predicted octanol–water partition coefficient (Wildman–Crippen LogP) is 3.43. The van der Waals surface area contributed by atoms with Gasteiger partial charge in [-0.1, -0.05) is 44.2 Å². The number of hydrogen-bond acceptors (Lipinski definition) is 3. The molecule has 1 amide bonds. The number of sulfonamides is 1. The van der Waals surface area contributed by atoms with Gasteiger partial charge >= 0.3 is 0 Å². The van der Waals surface area contributed by atoms with Crippen LogP contribution in [0, 0.1) is 5.92 Å². The lowest BCUT2D eigenvalue weighted by Gasteiger charge is -2.22. The van der Waals surface area contributed by atoms with Crippen LogP contribution in [0.2, 0.25) is 0 Å². The van der Waals surface area contributed by atoms with Gasteiger partial charge < -0.3 is 5.32 Å². The first-order valence-electron chi connectivity index (χ1n) is 8.61. The second-order valence-corrected chi connectivity index (χ2v) is 8.72. The van der Waals surface area contributed by atoms with Crippen LogP contribution in [0.3, 0.4) is 0 Å². The molecule has 0 aromatic heterocycles. The van der Waals surface area contributed by atoms with Crippen molar-refractivity contribution in [3.8, 4) is 0 Å². The van der Waals surface area contributed by atoms with Crippen LogP contribution in [0.1, 0.15) is 36.7 Å². The van der Waals surface area contributed by atoms with E-state index in [4.69, 9.17) is 0 Å². The third-order valence-electron chi connectivity index (χ3n) is 4.35. The van der Waals surface area contributed by atoms with Crippen molar-refractivity contribution in [2.45, 2.75) is 33.4 Å². The second kappa shape index (κ2) is 8.36. The standard InChI is InChI=1S/C20H26N2O3S/c1-15(2)16(3)21-20(23)18-12-10-17(11-13-18)14-22(26(4,24)25)19-8-6-5-7-9-19/h5-13,15-16H,14H2,1-4H3,(H,21,23)/t16-/m0/s1. The summed E-state index contributed by atoms with van der Waals surface area (Å²) >= 11 is 0. The number of nitrogens with one attached hydrogen (secondary N) is 1. The number of amides is 1. The van der Waals surface area contributed by atoms with Crippen LogP contribution in [-0.4, -0.2) is 26.6 Å². The molecule has 0 spiro atoms. The maximum Gasteiger partial charge on any atom is 0.251 e. The molecule has 140 valence electrons. The summed E-state index contributed by atoms with van der Waals surface area (Å²) in [5.74, 6) is 0.230. The van der Waals surface area contributed by atoms with Crippen LogP contribution in [0.25, 0.3) is 0 Å². The summed E-state index contributed by atoms with van der Waals surface area (Å²) < 4.78 is 25.7. The third kappa shape index (κ3) is 5.33. The molecule has 5 nitrogen and oxygen atoms in total. The molecule has 0 heterocycles. The van der Waals surface area contributed by atoms with E-state index in [9.17, 15) is 13.2 Å². The number of para-hydroxylation sites is 1. The van der Waals surface area contributed by atoms with Crippen molar-refractivity contribution in [3.05, 3.63) is 65.7 Å². The summed E-state index contributed by atoms with van der Waals surface area (Å²) in [6.07, 6.45) is 1.19. The lowest BCUT2D eigenvalue weighted by atomic mass is 10.1. The Morgan fingerprint density at radius 2 is 1.58 bits per heavy atom. The van der Waals surface area contributed by atoms with Gasteiger partial charge in [-0.25, -0.2) is 8.42 Å². The summed E-state index contributed by atoms with van der Waals surface area (Å²) in [7, 11) is -3.41. The molecule has 0 saturated carbocycles. The summed E-state index contributed by atoms with van der Waals surface area (Å²) in [5.41, 5.74) is 1.99. The molecule has 2 aromatic carbocycles. The average Bonchev–Trinajstić information content (AvgIpc) is 2.59. The fourth-order valence-electron chi connectivity index (χ4n) is 2.38. The zero-order valence-electron chi connectivity index (χ0n) is 15.6. The van der Waals surface area contributed by atoms with E-state index in [1.54, 1.807) is 48.5 Å². The van der Waals surface area contributed by atoms with Crippen LogP contribution in [-0.2, 0) is 16.6 Å². The maximum absolute atomic E-state index is 12.3. The molecule has 0 fully saturated rings. The van der Waals surface area contributed by atoms with Gasteiger partial charge in [0.15, 0.2) is 0 Å². The first-order valence-corrected chi connectivity index (χ1v) is 10.5. The summed E-state index contributed by atoms with van der Waals surface area (Å²) in [6, 6.07) is 16.1. The number of nitrogens with zero attached hydrogens (tertiary/aromatic N) is 1. The minimum atomic E-state index is -3.41. The molecule has 0 unspecified atom stereocenters. The van der Waals surface area contributed by atoms with Crippen LogP contribution in [0.4, 0.5) is 5.69 Å². The van der Waals surface area contributed by atoms with Crippen LogP contribution in [0.15, 0.2) is 54.6 Å². The number of carbonyl (C=O) groups is 1. The molecule has 26 heavy (non-hydrogen) atoms. The molecular weight excluding hydrogens is 348 g/mol. The first kappa shape index (κ1) is 20.0. The number of rotatable bonds is 7. The van der Waals surface area contributed by atoms with Crippen molar-refractivity contribution in [3.63, 3.8) is 0 Å². The minimum absolute atomic E-state index is 0.0842. The van der Waals surface area contributed by atoms with Gasteiger partial charge in [-0.2, -0.15) is 0 Å². The van der Waals surface area contributed by atoms with Gasteiger partial charge in [-0.3, -0.25) is 9.10 Å². The Morgan fingerprint density at radius 1 is 1.00 bits per heavy atom. The maximum atomic E-state index is 12.3. The molecule has 2 aromatic rings. The largest absolute Gasteiger partial charge is 0.349 e. The number of anilines is 1. The van der Waals surface area contributed by atoms with Crippen LogP contribution < -0.4 is 9.62 Å². The van der Waals surface area contributed by atoms with Gasteiger partial charge in [0.05, 0.1) is 18.5 Å². The molecule has 0 bridgehead atoms. The summed E-state index contributed by atoms with van der Waals surface area (Å²) in [6.45, 7) is 6.29. The predicted molar refractivity (Wildman–Crippen MR) is 106 cm³/mol. The van der Waals surface area contributed by atoms with Crippen molar-refractivity contribution >= 4 is 21.6 Å². The molecular formula is C20H26N2O3S. The highest BCUT2D eigenvalue weighted by Gasteiger charge is 2.18. The van der Waals surface area contributed by atoms with Gasteiger partial charge in [-0.05, 0) is 42.7 Å². The molecule has 2 rings (SSSR count). The number of benzene rings is 2. The third-order valence-corrected chi connectivity index (χ3v) is 5.49. The van der Waals surface area contributed by atoms with E-state index in [1.165, 1.54) is 10.6 Å². The molecule has 1 atom stereocenters. The normalized spacial score (nSPS) is 12.7. The Bertz CT molecular complexity index is 831. The number of hydrogen-bond donors (Lipinski definition) is 1. The molecule has 1 N–H and O–H groups in total. The topological polar surface area (TPSA) is 66.5 Å². The monoisotopic (exact) mass is 374 g/mol. The van der Waals surface area contributed by atoms with Crippen molar-refractivity contribution in [1.29, 1.82) is 0 Å². The first-order chi connectivity index (χ1) is 12.2. The van der Waals surface area contributed by atoms with Crippen molar-refractivity contribution in [2.75, 3.05) is 10.6 Å². The highest BCUT2D eigenvalue weighted by molar-refractivity contribution is 7.92. The van der Waals surface area contributed by atoms with Crippen LogP contribution in [0.5, 0.6) is 0 Å². The molecule has 0 radical (unpaired) electrons. The molecule has 0 aliphatic carbocycles. The fourth-order valence-corrected chi connectivity index (χ4v) is 3.27. The van der Waals surface area contributed by atoms with E-state index in [1.807, 2.05) is 13.0 Å². The van der Waals surface area contributed by atoms with Crippen molar-refractivity contribution in [2.24, 2.45) is 5.92 Å². The molecule has 0 aliphatic heterocycles. The van der Waals surface area contributed by atoms with Gasteiger partial charge in [0.25, 0.3) is 5.91 Å². The Kier molecular flexibility index (Phi) is 6.42. The Balaban J connectivity index is 2.15. The summed E-state index contributed by atoms with van der Waals surface area (Å²) in [4.78, 5) is 12.3. The fraction of sp³-hybridized carbons (Fsp3) is 0.350. The van der Waals surface area contributed by atoms with Gasteiger partial charge in [0.2, 0.25) is 10.0 Å². The Labute approximate surface area is 156 Å². The van der Waals surface area contributed by atoms with Crippen molar-refractivity contribution in [1.82, 2.24) is 5.32 Å². The minimum Gasteiger partial charge on any atom is -0.349 e. The Morgan fingerprint density at radius 3 is 2.08 bits per heavy atom. The summed E-state index contributed by atoms with van der Waals surface area (Å²) in [5, 5.41) is 2.96. The van der Waals surface area contributed by atoms with Gasteiger partial charge in [0.1, 0.15) is 0 Å². The van der Waals surface area contributed by atoms with E-state index in [2.05, 4.69) is 19.2 Å². The van der Waals surface area contributed by atoms with E-state index in [0.717, 1.165) is 5.56 Å². The smallest absolute Gasteiger partial charge is 0.251 e. The Hall–Kier alpha value is -2.34. The van der Waals surface area contributed by atoms with Gasteiger partial charge in [0, 0.05) is 11.6 Å². The quantitative estimate of drug-likeness (QED) is 0.807. The lowest BCUT2D eigenvalue weighted by molar-refractivity contribution is 0.0930. The van der Waals surface area contributed by atoms with Crippen molar-refractivity contribution < 1.29 is 13.2 Å². The molecule has 0 aliphatic rings. The zero-order valence-corrected chi connectivity index (χ0v) is 16.5. The van der Waals surface area contributed by atoms with Gasteiger partial charge in [-0.15, -0.1) is 0 Å².